The van der Waals surface area contributed by atoms with Gasteiger partial charge in [0.05, 0.1) is 28.8 Å². The molecular weight excluding hydrogens is 235 g/mol. The summed E-state index contributed by atoms with van der Waals surface area (Å²) in [4.78, 5) is 4.07. The van der Waals surface area contributed by atoms with Gasteiger partial charge in [-0.25, -0.2) is 0 Å². The number of halogens is 2. The molecule has 1 aliphatic rings. The summed E-state index contributed by atoms with van der Waals surface area (Å²) < 4.78 is 0. The lowest BCUT2D eigenvalue weighted by atomic mass is 10.3. The smallest absolute Gasteiger partial charge is 0.104 e. The molecule has 0 unspecified atom stereocenters. The Morgan fingerprint density at radius 3 is 2.53 bits per heavy atom. The molecule has 0 amide bonds. The molecule has 1 aliphatic heterocycles. The molecule has 0 saturated carbocycles. The topological polar surface area (TPSA) is 53.6 Å². The highest BCUT2D eigenvalue weighted by atomic mass is 35.5. The van der Waals surface area contributed by atoms with Gasteiger partial charge in [-0.15, -0.1) is 0 Å². The molecule has 80 valence electrons. The molecule has 0 radical (unpaired) electrons. The van der Waals surface area contributed by atoms with Crippen molar-refractivity contribution in [2.75, 3.05) is 24.2 Å². The molecule has 0 aliphatic carbocycles. The summed E-state index contributed by atoms with van der Waals surface area (Å²) in [6.45, 7) is 1.58. The number of nitrogen functional groups attached to an aromatic ring is 1. The van der Waals surface area contributed by atoms with E-state index in [1.54, 1.807) is 18.5 Å². The second kappa shape index (κ2) is 4.16. The number of hydrogen-bond acceptors (Lipinski definition) is 4. The van der Waals surface area contributed by atoms with E-state index in [4.69, 9.17) is 28.9 Å². The molecule has 0 aromatic heterocycles. The maximum absolute atomic E-state index is 6.02. The summed E-state index contributed by atoms with van der Waals surface area (Å²) in [7, 11) is 0. The van der Waals surface area contributed by atoms with Gasteiger partial charge in [0.15, 0.2) is 0 Å². The Hall–Kier alpha value is -1.13. The monoisotopic (exact) mass is 244 g/mol. The van der Waals surface area contributed by atoms with E-state index in [2.05, 4.69) is 10.4 Å². The van der Waals surface area contributed by atoms with Crippen LogP contribution in [0.2, 0.25) is 10.0 Å². The van der Waals surface area contributed by atoms with Gasteiger partial charge in [0, 0.05) is 5.69 Å². The summed E-state index contributed by atoms with van der Waals surface area (Å²) in [5.41, 5.74) is 9.87. The fourth-order valence-corrected chi connectivity index (χ4v) is 1.90. The number of benzene rings is 1. The lowest BCUT2D eigenvalue weighted by Gasteiger charge is -2.19. The number of rotatable bonds is 2. The van der Waals surface area contributed by atoms with E-state index >= 15 is 0 Å². The highest BCUT2D eigenvalue weighted by Crippen LogP contribution is 2.33. The van der Waals surface area contributed by atoms with Crippen molar-refractivity contribution in [3.05, 3.63) is 22.2 Å². The molecular formula is C9H10Cl2N4. The summed E-state index contributed by atoms with van der Waals surface area (Å²) in [5.74, 6) is 0. The Labute approximate surface area is 97.6 Å². The van der Waals surface area contributed by atoms with Gasteiger partial charge >= 0.3 is 0 Å². The highest BCUT2D eigenvalue weighted by molar-refractivity contribution is 6.39. The van der Waals surface area contributed by atoms with E-state index in [1.807, 2.05) is 5.01 Å². The van der Waals surface area contributed by atoms with Crippen molar-refractivity contribution in [1.82, 2.24) is 5.01 Å². The summed E-state index contributed by atoms with van der Waals surface area (Å²) in [5, 5.41) is 2.82. The molecule has 4 nitrogen and oxygen atoms in total. The van der Waals surface area contributed by atoms with E-state index in [9.17, 15) is 0 Å². The average molecular weight is 245 g/mol. The van der Waals surface area contributed by atoms with Gasteiger partial charge < -0.3 is 5.73 Å². The summed E-state index contributed by atoms with van der Waals surface area (Å²) >= 11 is 12.0. The molecule has 0 bridgehead atoms. The van der Waals surface area contributed by atoms with Crippen molar-refractivity contribution in [2.24, 2.45) is 4.99 Å². The summed E-state index contributed by atoms with van der Waals surface area (Å²) in [6, 6.07) is 3.31. The molecule has 2 rings (SSSR count). The molecule has 1 heterocycles. The van der Waals surface area contributed by atoms with Crippen LogP contribution in [0.15, 0.2) is 17.1 Å². The van der Waals surface area contributed by atoms with E-state index in [0.717, 1.165) is 13.1 Å². The van der Waals surface area contributed by atoms with Gasteiger partial charge in [0.2, 0.25) is 0 Å². The molecule has 1 aromatic rings. The molecule has 0 spiro atoms. The average Bonchev–Trinajstić information content (AvgIpc) is 2.63. The summed E-state index contributed by atoms with van der Waals surface area (Å²) in [6.07, 6.45) is 1.71. The molecule has 0 atom stereocenters. The van der Waals surface area contributed by atoms with Gasteiger partial charge in [-0.3, -0.25) is 15.4 Å². The van der Waals surface area contributed by atoms with Crippen molar-refractivity contribution in [1.29, 1.82) is 0 Å². The number of nitrogens with zero attached hydrogens (tertiary/aromatic N) is 2. The maximum Gasteiger partial charge on any atom is 0.104 e. The minimum Gasteiger partial charge on any atom is -0.399 e. The van der Waals surface area contributed by atoms with E-state index in [-0.39, 0.29) is 0 Å². The van der Waals surface area contributed by atoms with Gasteiger partial charge in [0.25, 0.3) is 0 Å². The van der Waals surface area contributed by atoms with Gasteiger partial charge in [0.1, 0.15) is 6.34 Å². The van der Waals surface area contributed by atoms with Crippen LogP contribution in [0, 0.1) is 0 Å². The Kier molecular flexibility index (Phi) is 2.88. The molecule has 0 saturated heterocycles. The predicted molar refractivity (Wildman–Crippen MR) is 64.6 cm³/mol. The Morgan fingerprint density at radius 1 is 1.33 bits per heavy atom. The van der Waals surface area contributed by atoms with Crippen molar-refractivity contribution in [2.45, 2.75) is 0 Å². The van der Waals surface area contributed by atoms with Gasteiger partial charge in [-0.05, 0) is 12.1 Å². The fourth-order valence-electron chi connectivity index (χ4n) is 1.31. The van der Waals surface area contributed by atoms with Crippen LogP contribution < -0.4 is 11.2 Å². The number of nitrogens with two attached hydrogens (primary N) is 1. The van der Waals surface area contributed by atoms with Crippen molar-refractivity contribution < 1.29 is 0 Å². The predicted octanol–water partition coefficient (Wildman–Crippen LogP) is 2.25. The lowest BCUT2D eigenvalue weighted by molar-refractivity contribution is 0.557. The molecule has 15 heavy (non-hydrogen) atoms. The van der Waals surface area contributed by atoms with E-state index in [1.165, 1.54) is 0 Å². The van der Waals surface area contributed by atoms with Crippen molar-refractivity contribution >= 4 is 40.9 Å². The van der Waals surface area contributed by atoms with Crippen LogP contribution in [0.25, 0.3) is 0 Å². The maximum atomic E-state index is 6.02. The van der Waals surface area contributed by atoms with Crippen LogP contribution in [0.5, 0.6) is 0 Å². The number of hydrogen-bond donors (Lipinski definition) is 2. The van der Waals surface area contributed by atoms with Crippen LogP contribution >= 0.6 is 23.2 Å². The second-order valence-corrected chi connectivity index (χ2v) is 4.00. The van der Waals surface area contributed by atoms with Gasteiger partial charge in [-0.2, -0.15) is 0 Å². The first-order valence-corrected chi connectivity index (χ1v) is 5.20. The number of hydrazine groups is 1. The minimum absolute atomic E-state index is 0.500. The Balaban J connectivity index is 2.23. The lowest BCUT2D eigenvalue weighted by Crippen LogP contribution is -2.26. The zero-order valence-corrected chi connectivity index (χ0v) is 9.39. The van der Waals surface area contributed by atoms with Crippen LogP contribution in [0.1, 0.15) is 0 Å². The van der Waals surface area contributed by atoms with Gasteiger partial charge in [-0.1, -0.05) is 23.2 Å². The zero-order valence-electron chi connectivity index (χ0n) is 7.87. The quantitative estimate of drug-likeness (QED) is 0.785. The number of aliphatic imine (C=N–C) groups is 1. The molecule has 3 N–H and O–H groups in total. The normalized spacial score (nSPS) is 14.7. The SMILES string of the molecule is Nc1cc(Cl)c(NN2C=NCC2)c(Cl)c1. The standard InChI is InChI=1S/C9H10Cl2N4/c10-7-3-6(12)4-8(11)9(7)14-15-2-1-13-5-15/h3-5,14H,1-2,12H2. The third kappa shape index (κ3) is 2.27. The third-order valence-corrected chi connectivity index (χ3v) is 2.61. The number of anilines is 2. The van der Waals surface area contributed by atoms with E-state index in [0.29, 0.717) is 21.4 Å². The molecule has 0 fully saturated rings. The zero-order chi connectivity index (χ0) is 10.8. The van der Waals surface area contributed by atoms with E-state index < -0.39 is 0 Å². The third-order valence-electron chi connectivity index (χ3n) is 2.01. The second-order valence-electron chi connectivity index (χ2n) is 3.19. The Bertz CT molecular complexity index is 382. The first-order valence-electron chi connectivity index (χ1n) is 4.44. The van der Waals surface area contributed by atoms with Crippen molar-refractivity contribution in [3.63, 3.8) is 0 Å². The van der Waals surface area contributed by atoms with Crippen LogP contribution in [0.3, 0.4) is 0 Å². The fraction of sp³-hybridized carbons (Fsp3) is 0.222. The number of nitrogens with one attached hydrogen (secondary N) is 1. The highest BCUT2D eigenvalue weighted by Gasteiger charge is 2.11. The molecule has 6 heteroatoms. The minimum atomic E-state index is 0.500. The Morgan fingerprint density at radius 2 is 2.00 bits per heavy atom. The van der Waals surface area contributed by atoms with Crippen LogP contribution in [0.4, 0.5) is 11.4 Å². The molecule has 1 aromatic carbocycles. The van der Waals surface area contributed by atoms with Crippen molar-refractivity contribution in [3.8, 4) is 0 Å². The van der Waals surface area contributed by atoms with Crippen LogP contribution in [-0.2, 0) is 0 Å². The first-order chi connectivity index (χ1) is 7.16. The first kappa shape index (κ1) is 10.4. The van der Waals surface area contributed by atoms with Crippen LogP contribution in [-0.4, -0.2) is 24.4 Å². The largest absolute Gasteiger partial charge is 0.399 e.